The number of hydrogen-bond donors (Lipinski definition) is 0. The minimum absolute atomic E-state index is 0.0104. The number of allylic oxidation sites excluding steroid dienone is 1. The molecule has 0 N–H and O–H groups in total. The van der Waals surface area contributed by atoms with Crippen molar-refractivity contribution in [2.24, 2.45) is 5.92 Å². The highest BCUT2D eigenvalue weighted by Crippen LogP contribution is 2.27. The van der Waals surface area contributed by atoms with E-state index in [1.165, 1.54) is 4.90 Å². The molecule has 0 spiro atoms. The van der Waals surface area contributed by atoms with Crippen LogP contribution in [-0.2, 0) is 4.79 Å². The Morgan fingerprint density at radius 3 is 2.35 bits per heavy atom. The maximum absolute atomic E-state index is 12.9. The van der Waals surface area contributed by atoms with E-state index in [0.717, 1.165) is 51.4 Å². The number of carbonyl (C=O) groups excluding carboxylic acids is 2. The number of nitrogens with zero attached hydrogens (tertiary/aromatic N) is 2. The first-order valence-corrected chi connectivity index (χ1v) is 9.16. The lowest BCUT2D eigenvalue weighted by atomic mass is 9.93. The summed E-state index contributed by atoms with van der Waals surface area (Å²) in [4.78, 5) is 28.5. The highest BCUT2D eigenvalue weighted by atomic mass is 16.2. The van der Waals surface area contributed by atoms with Crippen LogP contribution in [-0.4, -0.2) is 40.9 Å². The van der Waals surface area contributed by atoms with Crippen molar-refractivity contribution in [3.63, 3.8) is 0 Å². The van der Waals surface area contributed by atoms with Gasteiger partial charge in [0.05, 0.1) is 12.1 Å². The van der Waals surface area contributed by atoms with Crippen LogP contribution in [0.2, 0.25) is 0 Å². The summed E-state index contributed by atoms with van der Waals surface area (Å²) in [6.07, 6.45) is 10.2. The quantitative estimate of drug-likeness (QED) is 0.435. The van der Waals surface area contributed by atoms with Gasteiger partial charge in [-0.25, -0.2) is 4.79 Å². The molecule has 1 rings (SSSR count). The van der Waals surface area contributed by atoms with Gasteiger partial charge in [-0.2, -0.15) is 0 Å². The molecule has 1 aliphatic heterocycles. The Labute approximate surface area is 141 Å². The molecule has 0 unspecified atom stereocenters. The second-order valence-electron chi connectivity index (χ2n) is 6.85. The zero-order valence-electron chi connectivity index (χ0n) is 15.4. The van der Waals surface area contributed by atoms with E-state index < -0.39 is 0 Å². The van der Waals surface area contributed by atoms with Gasteiger partial charge in [0.15, 0.2) is 0 Å². The highest BCUT2D eigenvalue weighted by Gasteiger charge is 2.43. The number of carbonyl (C=O) groups is 2. The largest absolute Gasteiger partial charge is 0.327 e. The standard InChI is InChI=1S/C19H34N2O2/c1-6-8-10-11-12-14-17(13-9-7-2)18(22)21-16(4)15(3)20(5)19(21)23/h6,15-17H,1,7-14H2,2-5H3/t15-,16+,17-/m1/s1. The minimum atomic E-state index is -0.136. The number of likely N-dealkylation sites (N-methyl/N-ethyl adjacent to an activating group) is 1. The molecule has 0 saturated carbocycles. The van der Waals surface area contributed by atoms with Gasteiger partial charge in [-0.1, -0.05) is 38.7 Å². The first-order valence-electron chi connectivity index (χ1n) is 9.16. The minimum Gasteiger partial charge on any atom is -0.323 e. The van der Waals surface area contributed by atoms with Crippen LogP contribution in [0.25, 0.3) is 0 Å². The fraction of sp³-hybridized carbons (Fsp3) is 0.789. The van der Waals surface area contributed by atoms with Crippen molar-refractivity contribution in [3.8, 4) is 0 Å². The predicted molar refractivity (Wildman–Crippen MR) is 95.2 cm³/mol. The summed E-state index contributed by atoms with van der Waals surface area (Å²) >= 11 is 0. The van der Waals surface area contributed by atoms with E-state index in [1.807, 2.05) is 19.9 Å². The summed E-state index contributed by atoms with van der Waals surface area (Å²) in [6, 6.07) is -0.0843. The van der Waals surface area contributed by atoms with Crippen molar-refractivity contribution in [1.29, 1.82) is 0 Å². The third-order valence-corrected chi connectivity index (χ3v) is 5.18. The molecule has 1 fully saturated rings. The maximum Gasteiger partial charge on any atom is 0.327 e. The highest BCUT2D eigenvalue weighted by molar-refractivity contribution is 5.97. The van der Waals surface area contributed by atoms with Gasteiger partial charge >= 0.3 is 6.03 Å². The van der Waals surface area contributed by atoms with Crippen molar-refractivity contribution >= 4 is 11.9 Å². The van der Waals surface area contributed by atoms with Crippen LogP contribution in [0.1, 0.15) is 72.1 Å². The SMILES string of the molecule is C=CCCCCC[C@@H](CCCC)C(=O)N1C(=O)N(C)[C@H](C)[C@@H]1C. The Hall–Kier alpha value is -1.32. The molecule has 132 valence electrons. The van der Waals surface area contributed by atoms with Crippen LogP contribution in [0, 0.1) is 5.92 Å². The lowest BCUT2D eigenvalue weighted by molar-refractivity contribution is -0.133. The summed E-state index contributed by atoms with van der Waals surface area (Å²) in [5.41, 5.74) is 0. The van der Waals surface area contributed by atoms with Gasteiger partial charge in [0, 0.05) is 13.0 Å². The lowest BCUT2D eigenvalue weighted by Gasteiger charge is -2.25. The van der Waals surface area contributed by atoms with Crippen LogP contribution in [0.4, 0.5) is 4.79 Å². The lowest BCUT2D eigenvalue weighted by Crippen LogP contribution is -2.42. The van der Waals surface area contributed by atoms with E-state index in [0.29, 0.717) is 0 Å². The number of unbranched alkanes of at least 4 members (excludes halogenated alkanes) is 4. The molecule has 4 heteroatoms. The molecule has 0 aromatic carbocycles. The Balaban J connectivity index is 2.67. The van der Waals surface area contributed by atoms with Crippen LogP contribution < -0.4 is 0 Å². The predicted octanol–water partition coefficient (Wildman–Crippen LogP) is 4.60. The maximum atomic E-state index is 12.9. The molecule has 1 heterocycles. The van der Waals surface area contributed by atoms with Gasteiger partial charge in [-0.05, 0) is 39.5 Å². The van der Waals surface area contributed by atoms with Crippen LogP contribution in [0.15, 0.2) is 12.7 Å². The zero-order chi connectivity index (χ0) is 17.4. The number of amides is 3. The molecule has 23 heavy (non-hydrogen) atoms. The van der Waals surface area contributed by atoms with Gasteiger partial charge in [-0.3, -0.25) is 9.69 Å². The average molecular weight is 322 g/mol. The number of hydrogen-bond acceptors (Lipinski definition) is 2. The molecule has 0 aromatic rings. The van der Waals surface area contributed by atoms with E-state index in [4.69, 9.17) is 0 Å². The number of rotatable bonds is 10. The number of urea groups is 1. The normalized spacial score (nSPS) is 22.5. The van der Waals surface area contributed by atoms with E-state index in [1.54, 1.807) is 11.9 Å². The summed E-state index contributed by atoms with van der Waals surface area (Å²) in [5.74, 6) is 0.0275. The molecule has 4 nitrogen and oxygen atoms in total. The molecule has 0 radical (unpaired) electrons. The molecule has 0 aliphatic carbocycles. The topological polar surface area (TPSA) is 40.6 Å². The van der Waals surface area contributed by atoms with Gasteiger partial charge in [0.25, 0.3) is 0 Å². The fourth-order valence-corrected chi connectivity index (χ4v) is 3.25. The third-order valence-electron chi connectivity index (χ3n) is 5.18. The Morgan fingerprint density at radius 2 is 1.83 bits per heavy atom. The van der Waals surface area contributed by atoms with Gasteiger partial charge in [-0.15, -0.1) is 6.58 Å². The Kier molecular flexibility index (Phi) is 8.35. The Bertz CT molecular complexity index is 408. The fourth-order valence-electron chi connectivity index (χ4n) is 3.25. The van der Waals surface area contributed by atoms with Crippen molar-refractivity contribution < 1.29 is 9.59 Å². The monoisotopic (exact) mass is 322 g/mol. The van der Waals surface area contributed by atoms with Crippen LogP contribution in [0.5, 0.6) is 0 Å². The summed E-state index contributed by atoms with van der Waals surface area (Å²) in [6.45, 7) is 9.87. The molecule has 1 saturated heterocycles. The van der Waals surface area contributed by atoms with E-state index in [-0.39, 0.29) is 29.9 Å². The second kappa shape index (κ2) is 9.74. The van der Waals surface area contributed by atoms with E-state index in [2.05, 4.69) is 13.5 Å². The van der Waals surface area contributed by atoms with Gasteiger partial charge < -0.3 is 4.90 Å². The van der Waals surface area contributed by atoms with Gasteiger partial charge in [0.1, 0.15) is 0 Å². The van der Waals surface area contributed by atoms with Crippen LogP contribution >= 0.6 is 0 Å². The second-order valence-corrected chi connectivity index (χ2v) is 6.85. The summed E-state index contributed by atoms with van der Waals surface area (Å²) in [5, 5.41) is 0. The zero-order valence-corrected chi connectivity index (χ0v) is 15.4. The first kappa shape index (κ1) is 19.7. The van der Waals surface area contributed by atoms with Crippen LogP contribution in [0.3, 0.4) is 0 Å². The van der Waals surface area contributed by atoms with Crippen molar-refractivity contribution in [2.75, 3.05) is 7.05 Å². The number of imide groups is 1. The molecular formula is C19H34N2O2. The van der Waals surface area contributed by atoms with Crippen molar-refractivity contribution in [3.05, 3.63) is 12.7 Å². The smallest absolute Gasteiger partial charge is 0.323 e. The average Bonchev–Trinajstić information content (AvgIpc) is 2.73. The molecule has 0 bridgehead atoms. The Morgan fingerprint density at radius 1 is 1.17 bits per heavy atom. The molecule has 3 atom stereocenters. The van der Waals surface area contributed by atoms with Crippen molar-refractivity contribution in [2.45, 2.75) is 84.2 Å². The first-order chi connectivity index (χ1) is 11.0. The van der Waals surface area contributed by atoms with E-state index >= 15 is 0 Å². The summed E-state index contributed by atoms with van der Waals surface area (Å²) < 4.78 is 0. The van der Waals surface area contributed by atoms with Crippen molar-refractivity contribution in [1.82, 2.24) is 9.80 Å². The molecule has 3 amide bonds. The molecular weight excluding hydrogens is 288 g/mol. The third kappa shape index (κ3) is 5.08. The molecule has 1 aliphatic rings. The molecule has 0 aromatic heterocycles. The summed E-state index contributed by atoms with van der Waals surface area (Å²) in [7, 11) is 1.78. The van der Waals surface area contributed by atoms with E-state index in [9.17, 15) is 9.59 Å². The van der Waals surface area contributed by atoms with Gasteiger partial charge in [0.2, 0.25) is 5.91 Å².